The van der Waals surface area contributed by atoms with Crippen molar-refractivity contribution in [3.05, 3.63) is 122 Å². The van der Waals surface area contributed by atoms with Crippen molar-refractivity contribution in [2.45, 2.75) is 264 Å². The summed E-state index contributed by atoms with van der Waals surface area (Å²) in [6, 6.07) is -0.909. The predicted molar refractivity (Wildman–Crippen MR) is 339 cm³/mol. The highest BCUT2D eigenvalue weighted by molar-refractivity contribution is 7.45. The number of esters is 1. The van der Waals surface area contributed by atoms with Gasteiger partial charge in [0.25, 0.3) is 7.82 Å². The molecule has 0 aliphatic heterocycles. The number of rotatable bonds is 56. The van der Waals surface area contributed by atoms with Gasteiger partial charge in [0, 0.05) is 12.8 Å². The molecule has 10 heteroatoms. The molecule has 0 heterocycles. The van der Waals surface area contributed by atoms with E-state index in [1.165, 1.54) is 77.0 Å². The fourth-order valence-corrected chi connectivity index (χ4v) is 9.31. The molecule has 9 nitrogen and oxygen atoms in total. The van der Waals surface area contributed by atoms with Crippen LogP contribution in [0, 0.1) is 0 Å². The minimum atomic E-state index is -4.71. The topological polar surface area (TPSA) is 114 Å². The first kappa shape index (κ1) is 75.4. The van der Waals surface area contributed by atoms with Gasteiger partial charge in [0.2, 0.25) is 5.91 Å². The quantitative estimate of drug-likeness (QED) is 0.0161. The minimum Gasteiger partial charge on any atom is -0.756 e. The minimum absolute atomic E-state index is 0.0338. The summed E-state index contributed by atoms with van der Waals surface area (Å²) in [6.45, 7) is 6.57. The number of hydrogen-bond acceptors (Lipinski definition) is 7. The predicted octanol–water partition coefficient (Wildman–Crippen LogP) is 19.3. The standard InChI is InChI=1S/C69H119N2O7P/c1-7-10-13-16-19-22-25-28-30-31-32-33-34-35-36-37-38-39-41-44-47-50-53-56-59-62-69(73)78-67(60-57-54-51-48-45-42-27-24-21-18-15-12-9-3)66(65-77-79(74,75)76-64-63-71(4,5)6)70-68(72)61-58-55-52-49-46-43-40-29-26-23-20-17-14-11-8-2/h10-11,13-14,17,19-20,22-23,26,28,30,32-33,35-36,38-39,57,60,66-67H,7-9,12,15-16,18,21,24-25,27,29,31,34,37,40-56,58-59,61-65H2,1-6H3,(H-,70,72,74,75)/b13-10-,14-11+,20-17+,22-19-,26-23+,30-28-,33-32-,36-35-,39-38-,60-57-. The van der Waals surface area contributed by atoms with E-state index in [-0.39, 0.29) is 24.9 Å². The van der Waals surface area contributed by atoms with E-state index in [9.17, 15) is 19.0 Å². The molecule has 3 atom stereocenters. The Hall–Kier alpha value is -3.59. The molecule has 0 spiro atoms. The van der Waals surface area contributed by atoms with Crippen LogP contribution in [0.5, 0.6) is 0 Å². The number of likely N-dealkylation sites (N-methyl/N-ethyl adjacent to an activating group) is 1. The van der Waals surface area contributed by atoms with Crippen molar-refractivity contribution in [3.8, 4) is 0 Å². The Morgan fingerprint density at radius 2 is 0.873 bits per heavy atom. The van der Waals surface area contributed by atoms with E-state index in [0.717, 1.165) is 135 Å². The van der Waals surface area contributed by atoms with Crippen LogP contribution in [0.25, 0.3) is 0 Å². The Labute approximate surface area is 486 Å². The second-order valence-electron chi connectivity index (χ2n) is 22.2. The van der Waals surface area contributed by atoms with E-state index in [0.29, 0.717) is 23.9 Å². The summed E-state index contributed by atoms with van der Waals surface area (Å²) in [5.74, 6) is -0.578. The van der Waals surface area contributed by atoms with Gasteiger partial charge in [-0.25, -0.2) is 0 Å². The number of carbonyl (C=O) groups is 2. The number of amides is 1. The van der Waals surface area contributed by atoms with Gasteiger partial charge in [0.15, 0.2) is 0 Å². The molecule has 0 aromatic heterocycles. The highest BCUT2D eigenvalue weighted by atomic mass is 31.2. The average Bonchev–Trinajstić information content (AvgIpc) is 3.41. The van der Waals surface area contributed by atoms with E-state index in [2.05, 4.69) is 135 Å². The fraction of sp³-hybridized carbons (Fsp3) is 0.681. The van der Waals surface area contributed by atoms with Crippen molar-refractivity contribution in [1.29, 1.82) is 0 Å². The molecule has 0 aromatic rings. The first-order valence-electron chi connectivity index (χ1n) is 31.9. The number of hydrogen-bond donors (Lipinski definition) is 1. The largest absolute Gasteiger partial charge is 0.756 e. The smallest absolute Gasteiger partial charge is 0.306 e. The Morgan fingerprint density at radius 3 is 1.35 bits per heavy atom. The first-order valence-corrected chi connectivity index (χ1v) is 33.3. The molecule has 79 heavy (non-hydrogen) atoms. The summed E-state index contributed by atoms with van der Waals surface area (Å²) in [4.78, 5) is 40.0. The summed E-state index contributed by atoms with van der Waals surface area (Å²) in [6.07, 6.45) is 80.2. The van der Waals surface area contributed by atoms with Crippen LogP contribution < -0.4 is 10.2 Å². The molecule has 0 aliphatic rings. The molecule has 0 fully saturated rings. The number of ether oxygens (including phenoxy) is 1. The van der Waals surface area contributed by atoms with Gasteiger partial charge in [0.1, 0.15) is 19.3 Å². The molecule has 0 saturated heterocycles. The van der Waals surface area contributed by atoms with Crippen LogP contribution in [0.2, 0.25) is 0 Å². The molecule has 0 bridgehead atoms. The SMILES string of the molecule is CC/C=C\C/C=C\C/C=C\C/C=C\C/C=C\C/C=C\CCCCCCCCC(=O)OC(/C=C\CCCCCCCCCCCCC)C(COP(=O)([O-])OCC[N+](C)(C)C)NC(=O)CCCCCCCCC/C=C/C=C/C=C/CC. The second-order valence-corrected chi connectivity index (χ2v) is 23.6. The van der Waals surface area contributed by atoms with Gasteiger partial charge < -0.3 is 28.5 Å². The summed E-state index contributed by atoms with van der Waals surface area (Å²) < 4.78 is 30.3. The van der Waals surface area contributed by atoms with Crippen molar-refractivity contribution < 1.29 is 37.3 Å². The lowest BCUT2D eigenvalue weighted by atomic mass is 10.0. The van der Waals surface area contributed by atoms with Gasteiger partial charge in [-0.15, -0.1) is 0 Å². The Morgan fingerprint density at radius 1 is 0.468 bits per heavy atom. The van der Waals surface area contributed by atoms with E-state index >= 15 is 0 Å². The van der Waals surface area contributed by atoms with Gasteiger partial charge >= 0.3 is 5.97 Å². The molecule has 452 valence electrons. The number of nitrogens with zero attached hydrogens (tertiary/aromatic N) is 1. The number of nitrogens with one attached hydrogen (secondary N) is 1. The van der Waals surface area contributed by atoms with Crippen molar-refractivity contribution in [2.24, 2.45) is 0 Å². The number of unbranched alkanes of at least 4 members (excludes halogenated alkanes) is 24. The molecule has 0 aromatic carbocycles. The highest BCUT2D eigenvalue weighted by Gasteiger charge is 2.27. The molecule has 1 N–H and O–H groups in total. The second kappa shape index (κ2) is 57.6. The van der Waals surface area contributed by atoms with Crippen LogP contribution in [0.3, 0.4) is 0 Å². The number of quaternary nitrogens is 1. The molecule has 1 amide bonds. The lowest BCUT2D eigenvalue weighted by Crippen LogP contribution is -2.47. The normalized spacial score (nSPS) is 14.5. The van der Waals surface area contributed by atoms with Gasteiger partial charge in [-0.1, -0.05) is 258 Å². The van der Waals surface area contributed by atoms with Crippen LogP contribution in [0.15, 0.2) is 122 Å². The molecule has 0 aliphatic carbocycles. The number of allylic oxidation sites excluding steroid dienone is 19. The third kappa shape index (κ3) is 58.9. The fourth-order valence-electron chi connectivity index (χ4n) is 8.58. The number of phosphoric acid groups is 1. The number of phosphoric ester groups is 1. The monoisotopic (exact) mass is 1120 g/mol. The zero-order valence-electron chi connectivity index (χ0n) is 51.5. The first-order chi connectivity index (χ1) is 38.4. The van der Waals surface area contributed by atoms with Gasteiger partial charge in [0.05, 0.1) is 33.8 Å². The zero-order chi connectivity index (χ0) is 57.9. The Balaban J connectivity index is 5.26. The van der Waals surface area contributed by atoms with Crippen LogP contribution in [0.4, 0.5) is 0 Å². The van der Waals surface area contributed by atoms with Crippen LogP contribution in [-0.4, -0.2) is 69.4 Å². The number of carbonyl (C=O) groups excluding carboxylic acids is 2. The zero-order valence-corrected chi connectivity index (χ0v) is 52.4. The third-order valence-electron chi connectivity index (χ3n) is 13.4. The maximum Gasteiger partial charge on any atom is 0.306 e. The molecule has 0 rings (SSSR count). The summed E-state index contributed by atoms with van der Waals surface area (Å²) in [5.41, 5.74) is 0. The van der Waals surface area contributed by atoms with E-state index < -0.39 is 26.6 Å². The maximum atomic E-state index is 13.5. The average molecular weight is 1120 g/mol. The van der Waals surface area contributed by atoms with Crippen molar-refractivity contribution in [2.75, 3.05) is 40.9 Å². The summed E-state index contributed by atoms with van der Waals surface area (Å²) in [7, 11) is 1.15. The van der Waals surface area contributed by atoms with Gasteiger partial charge in [-0.05, 0) is 102 Å². The summed E-state index contributed by atoms with van der Waals surface area (Å²) >= 11 is 0. The molecular weight excluding hydrogens is 1000 g/mol. The van der Waals surface area contributed by atoms with Crippen molar-refractivity contribution in [1.82, 2.24) is 5.32 Å². The van der Waals surface area contributed by atoms with Crippen molar-refractivity contribution in [3.63, 3.8) is 0 Å². The lowest BCUT2D eigenvalue weighted by Gasteiger charge is -2.30. The third-order valence-corrected chi connectivity index (χ3v) is 14.4. The van der Waals surface area contributed by atoms with Crippen LogP contribution in [-0.2, 0) is 27.9 Å². The van der Waals surface area contributed by atoms with E-state index in [1.807, 2.05) is 33.3 Å². The van der Waals surface area contributed by atoms with Gasteiger partial charge in [-0.3, -0.25) is 14.2 Å². The van der Waals surface area contributed by atoms with Crippen LogP contribution >= 0.6 is 7.82 Å². The van der Waals surface area contributed by atoms with Crippen molar-refractivity contribution >= 4 is 19.7 Å². The summed E-state index contributed by atoms with van der Waals surface area (Å²) in [5, 5.41) is 3.02. The highest BCUT2D eigenvalue weighted by Crippen LogP contribution is 2.38. The molecular formula is C69H119N2O7P. The Bertz CT molecular complexity index is 1770. The van der Waals surface area contributed by atoms with Crippen LogP contribution in [0.1, 0.15) is 252 Å². The van der Waals surface area contributed by atoms with Gasteiger partial charge in [-0.2, -0.15) is 0 Å². The molecule has 0 radical (unpaired) electrons. The van der Waals surface area contributed by atoms with E-state index in [4.69, 9.17) is 13.8 Å². The van der Waals surface area contributed by atoms with E-state index in [1.54, 1.807) is 0 Å². The maximum absolute atomic E-state index is 13.5. The Kier molecular flexibility index (Phi) is 55.0. The molecule has 3 unspecified atom stereocenters. The lowest BCUT2D eigenvalue weighted by molar-refractivity contribution is -0.870. The molecule has 0 saturated carbocycles.